The number of rotatable bonds is 6. The van der Waals surface area contributed by atoms with Crippen LogP contribution in [0.25, 0.3) is 0 Å². The summed E-state index contributed by atoms with van der Waals surface area (Å²) in [5, 5.41) is 11.4. The van der Waals surface area contributed by atoms with Crippen LogP contribution < -0.4 is 5.32 Å². The average Bonchev–Trinajstić information content (AvgIpc) is 2.47. The minimum absolute atomic E-state index is 0.0207. The Bertz CT molecular complexity index is 570. The molecule has 1 fully saturated rings. The van der Waals surface area contributed by atoms with E-state index in [0.717, 1.165) is 5.56 Å². The predicted octanol–water partition coefficient (Wildman–Crippen LogP) is 3.77. The molecule has 1 aromatic rings. The topological polar surface area (TPSA) is 66.4 Å². The number of benzene rings is 1. The highest BCUT2D eigenvalue weighted by atomic mass is 32.2. The number of nitrogens with one attached hydrogen (secondary N) is 1. The van der Waals surface area contributed by atoms with E-state index in [9.17, 15) is 18.4 Å². The number of hydrogen-bond acceptors (Lipinski definition) is 3. The number of thioether (sulfide) groups is 1. The van der Waals surface area contributed by atoms with Gasteiger partial charge < -0.3 is 10.4 Å². The summed E-state index contributed by atoms with van der Waals surface area (Å²) in [6, 6.07) is 7.15. The molecule has 4 nitrogen and oxygen atoms in total. The zero-order valence-electron chi connectivity index (χ0n) is 12.6. The van der Waals surface area contributed by atoms with E-state index < -0.39 is 11.9 Å². The van der Waals surface area contributed by atoms with Crippen LogP contribution in [0.5, 0.6) is 0 Å². The zero-order valence-corrected chi connectivity index (χ0v) is 13.4. The minimum Gasteiger partial charge on any atom is -0.481 e. The van der Waals surface area contributed by atoms with Gasteiger partial charge in [-0.15, -0.1) is 11.8 Å². The molecular formula is C16H19F2NO3S. The lowest BCUT2D eigenvalue weighted by atomic mass is 9.86. The maximum atomic E-state index is 13.1. The predicted molar refractivity (Wildman–Crippen MR) is 85.8 cm³/mol. The molecule has 0 saturated heterocycles. The Kier molecular flexibility index (Phi) is 5.98. The van der Waals surface area contributed by atoms with Crippen molar-refractivity contribution in [2.75, 3.05) is 11.1 Å². The summed E-state index contributed by atoms with van der Waals surface area (Å²) in [6.07, 6.45) is -0.0755. The Hall–Kier alpha value is -1.63. The van der Waals surface area contributed by atoms with Crippen molar-refractivity contribution in [3.05, 3.63) is 29.8 Å². The van der Waals surface area contributed by atoms with E-state index in [0.29, 0.717) is 11.4 Å². The summed E-state index contributed by atoms with van der Waals surface area (Å²) in [5.41, 5.74) is 1.52. The maximum Gasteiger partial charge on any atom is 0.313 e. The van der Waals surface area contributed by atoms with Gasteiger partial charge in [0.25, 0.3) is 0 Å². The lowest BCUT2D eigenvalue weighted by Gasteiger charge is -2.27. The molecule has 126 valence electrons. The van der Waals surface area contributed by atoms with Crippen molar-refractivity contribution in [3.8, 4) is 0 Å². The molecular weight excluding hydrogens is 324 g/mol. The summed E-state index contributed by atoms with van der Waals surface area (Å²) >= 11 is 1.27. The summed E-state index contributed by atoms with van der Waals surface area (Å²) in [6.45, 7) is 0. The molecule has 0 radical (unpaired) electrons. The fraction of sp³-hybridized carbons (Fsp3) is 0.500. The van der Waals surface area contributed by atoms with Crippen LogP contribution in [0.15, 0.2) is 24.3 Å². The molecule has 1 amide bonds. The van der Waals surface area contributed by atoms with Crippen molar-refractivity contribution < 1.29 is 23.5 Å². The molecule has 0 aliphatic heterocycles. The second-order valence-corrected chi connectivity index (χ2v) is 6.69. The normalized spacial score (nSPS) is 17.7. The van der Waals surface area contributed by atoms with Crippen LogP contribution in [0, 0.1) is 5.92 Å². The first-order valence-electron chi connectivity index (χ1n) is 7.43. The van der Waals surface area contributed by atoms with Crippen LogP contribution in [0.2, 0.25) is 0 Å². The largest absolute Gasteiger partial charge is 0.481 e. The third-order valence-corrected chi connectivity index (χ3v) is 4.77. The Morgan fingerprint density at radius 1 is 1.30 bits per heavy atom. The highest BCUT2D eigenvalue weighted by Crippen LogP contribution is 2.36. The van der Waals surface area contributed by atoms with Crippen LogP contribution in [-0.2, 0) is 15.3 Å². The second kappa shape index (κ2) is 7.77. The first-order chi connectivity index (χ1) is 10.9. The molecule has 1 aromatic carbocycles. The van der Waals surface area contributed by atoms with E-state index in [2.05, 4.69) is 5.32 Å². The van der Waals surface area contributed by atoms with Crippen LogP contribution >= 0.6 is 11.8 Å². The van der Waals surface area contributed by atoms with Gasteiger partial charge in [-0.05, 0) is 30.5 Å². The van der Waals surface area contributed by atoms with Crippen LogP contribution in [0.1, 0.15) is 31.2 Å². The molecule has 0 atom stereocenters. The van der Waals surface area contributed by atoms with Crippen molar-refractivity contribution in [2.45, 2.75) is 37.4 Å². The third-order valence-electron chi connectivity index (χ3n) is 3.78. The molecule has 1 aliphatic carbocycles. The zero-order chi connectivity index (χ0) is 16.9. The minimum atomic E-state index is -2.64. The van der Waals surface area contributed by atoms with Gasteiger partial charge >= 0.3 is 5.97 Å². The quantitative estimate of drug-likeness (QED) is 0.825. The SMILES string of the molecule is O=C(O)CSCc1cccc(NC(=O)C2CCC(F)(F)CC2)c1. The third kappa shape index (κ3) is 5.82. The van der Waals surface area contributed by atoms with E-state index in [1.807, 2.05) is 6.07 Å². The number of carboxylic acid groups (broad SMARTS) is 1. The number of hydrogen-bond donors (Lipinski definition) is 2. The molecule has 1 saturated carbocycles. The van der Waals surface area contributed by atoms with Crippen LogP contribution in [-0.4, -0.2) is 28.7 Å². The first kappa shape index (κ1) is 17.7. The number of carbonyl (C=O) groups is 2. The number of carbonyl (C=O) groups excluding carboxylic acids is 1. The van der Waals surface area contributed by atoms with Gasteiger partial charge in [0.2, 0.25) is 11.8 Å². The molecule has 1 aliphatic rings. The number of alkyl halides is 2. The lowest BCUT2D eigenvalue weighted by Crippen LogP contribution is -2.31. The smallest absolute Gasteiger partial charge is 0.313 e. The summed E-state index contributed by atoms with van der Waals surface area (Å²) in [5.74, 6) is -3.56. The van der Waals surface area contributed by atoms with E-state index in [4.69, 9.17) is 5.11 Å². The number of halogens is 2. The molecule has 0 bridgehead atoms. The molecule has 2 rings (SSSR count). The van der Waals surface area contributed by atoms with Crippen LogP contribution in [0.4, 0.5) is 14.5 Å². The molecule has 2 N–H and O–H groups in total. The maximum absolute atomic E-state index is 13.1. The molecule has 0 spiro atoms. The Morgan fingerprint density at radius 2 is 2.00 bits per heavy atom. The summed E-state index contributed by atoms with van der Waals surface area (Å²) in [4.78, 5) is 22.6. The van der Waals surface area contributed by atoms with Gasteiger partial charge in [-0.3, -0.25) is 9.59 Å². The van der Waals surface area contributed by atoms with Gasteiger partial charge in [0.1, 0.15) is 0 Å². The van der Waals surface area contributed by atoms with Gasteiger partial charge in [0.05, 0.1) is 5.75 Å². The van der Waals surface area contributed by atoms with Crippen molar-refractivity contribution in [1.29, 1.82) is 0 Å². The standard InChI is InChI=1S/C16H19F2NO3S/c17-16(18)6-4-12(5-7-16)15(22)19-13-3-1-2-11(8-13)9-23-10-14(20)21/h1-3,8,12H,4-7,9-10H2,(H,19,22)(H,20,21). The molecule has 7 heteroatoms. The number of carboxylic acids is 1. The second-order valence-electron chi connectivity index (χ2n) is 5.71. The number of anilines is 1. The average molecular weight is 343 g/mol. The highest BCUT2D eigenvalue weighted by Gasteiger charge is 2.37. The summed E-state index contributed by atoms with van der Waals surface area (Å²) in [7, 11) is 0. The first-order valence-corrected chi connectivity index (χ1v) is 8.58. The van der Waals surface area contributed by atoms with Gasteiger partial charge in [-0.25, -0.2) is 8.78 Å². The summed E-state index contributed by atoms with van der Waals surface area (Å²) < 4.78 is 26.2. The molecule has 0 heterocycles. The lowest BCUT2D eigenvalue weighted by molar-refractivity contribution is -0.134. The van der Waals surface area contributed by atoms with Crippen LogP contribution in [0.3, 0.4) is 0 Å². The van der Waals surface area contributed by atoms with Gasteiger partial charge in [-0.1, -0.05) is 12.1 Å². The van der Waals surface area contributed by atoms with Gasteiger partial charge in [0, 0.05) is 30.2 Å². The van der Waals surface area contributed by atoms with E-state index >= 15 is 0 Å². The highest BCUT2D eigenvalue weighted by molar-refractivity contribution is 7.99. The van der Waals surface area contributed by atoms with Crippen molar-refractivity contribution in [3.63, 3.8) is 0 Å². The van der Waals surface area contributed by atoms with Crippen molar-refractivity contribution >= 4 is 29.3 Å². The van der Waals surface area contributed by atoms with E-state index in [-0.39, 0.29) is 43.3 Å². The Labute approximate surface area is 137 Å². The number of aliphatic carboxylic acids is 1. The van der Waals surface area contributed by atoms with Crippen molar-refractivity contribution in [2.24, 2.45) is 5.92 Å². The Balaban J connectivity index is 1.87. The molecule has 0 unspecified atom stereocenters. The number of amides is 1. The molecule has 0 aromatic heterocycles. The fourth-order valence-electron chi connectivity index (χ4n) is 2.54. The van der Waals surface area contributed by atoms with Gasteiger partial charge in [0.15, 0.2) is 0 Å². The fourth-order valence-corrected chi connectivity index (χ4v) is 3.23. The Morgan fingerprint density at radius 3 is 2.65 bits per heavy atom. The van der Waals surface area contributed by atoms with E-state index in [1.165, 1.54) is 11.8 Å². The van der Waals surface area contributed by atoms with Gasteiger partial charge in [-0.2, -0.15) is 0 Å². The van der Waals surface area contributed by atoms with E-state index in [1.54, 1.807) is 18.2 Å². The monoisotopic (exact) mass is 343 g/mol. The molecule has 23 heavy (non-hydrogen) atoms. The van der Waals surface area contributed by atoms with Crippen molar-refractivity contribution in [1.82, 2.24) is 0 Å².